The van der Waals surface area contributed by atoms with Crippen molar-refractivity contribution in [3.63, 3.8) is 0 Å². The number of rotatable bonds is 11. The van der Waals surface area contributed by atoms with E-state index in [0.717, 1.165) is 51.9 Å². The molecule has 0 radical (unpaired) electrons. The van der Waals surface area contributed by atoms with E-state index in [9.17, 15) is 4.79 Å². The van der Waals surface area contributed by atoms with Crippen LogP contribution in [0.25, 0.3) is 10.4 Å². The number of amides is 1. The summed E-state index contributed by atoms with van der Waals surface area (Å²) < 4.78 is 0. The number of benzene rings is 2. The summed E-state index contributed by atoms with van der Waals surface area (Å²) in [6, 6.07) is 21.5. The normalized spacial score (nSPS) is 14.9. The van der Waals surface area contributed by atoms with Crippen molar-refractivity contribution in [2.45, 2.75) is 38.1 Å². The monoisotopic (exact) mass is 420 g/mol. The van der Waals surface area contributed by atoms with E-state index in [4.69, 9.17) is 5.53 Å². The molecule has 0 saturated carbocycles. The first-order valence-corrected chi connectivity index (χ1v) is 11.2. The van der Waals surface area contributed by atoms with Crippen molar-refractivity contribution in [1.82, 2.24) is 15.3 Å². The first-order chi connectivity index (χ1) is 15.3. The van der Waals surface area contributed by atoms with E-state index in [1.54, 1.807) is 0 Å². The second kappa shape index (κ2) is 12.7. The van der Waals surface area contributed by atoms with E-state index in [-0.39, 0.29) is 11.9 Å². The molecule has 7 nitrogen and oxygen atoms in total. The molecule has 3 rings (SSSR count). The number of piperazine rings is 1. The van der Waals surface area contributed by atoms with Crippen molar-refractivity contribution in [2.24, 2.45) is 5.11 Å². The number of hydrogen-bond donors (Lipinski definition) is 1. The maximum Gasteiger partial charge on any atom is 0.234 e. The third-order valence-electron chi connectivity index (χ3n) is 5.67. The molecule has 1 aliphatic rings. The summed E-state index contributed by atoms with van der Waals surface area (Å²) in [5, 5.41) is 5.58. The Labute approximate surface area is 184 Å². The van der Waals surface area contributed by atoms with Crippen LogP contribution in [0.2, 0.25) is 0 Å². The Balaban J connectivity index is 1.45. The number of carbonyl (C=O) groups excluding carboxylic acids is 1. The SMILES string of the molecule is [N-]=[N+]=NCCCCCCC(=O)NN1CCN(C(c2ccccc2)c2ccccc2)CC1. The minimum absolute atomic E-state index is 0.0890. The Morgan fingerprint density at radius 2 is 1.48 bits per heavy atom. The number of nitrogens with zero attached hydrogens (tertiary/aromatic N) is 5. The Bertz CT molecular complexity index is 790. The topological polar surface area (TPSA) is 84.3 Å². The molecule has 1 amide bonds. The van der Waals surface area contributed by atoms with E-state index in [0.29, 0.717) is 13.0 Å². The number of hydrogen-bond acceptors (Lipinski definition) is 4. The van der Waals surface area contributed by atoms with Crippen LogP contribution in [0.15, 0.2) is 65.8 Å². The first kappa shape index (κ1) is 22.8. The molecule has 0 aromatic heterocycles. The molecule has 2 aromatic carbocycles. The molecule has 1 aliphatic heterocycles. The van der Waals surface area contributed by atoms with Crippen molar-refractivity contribution in [2.75, 3.05) is 32.7 Å². The summed E-state index contributed by atoms with van der Waals surface area (Å²) in [5.74, 6) is 0.0890. The zero-order valence-electron chi connectivity index (χ0n) is 18.1. The van der Waals surface area contributed by atoms with Crippen molar-refractivity contribution >= 4 is 5.91 Å². The van der Waals surface area contributed by atoms with Gasteiger partial charge in [0.05, 0.1) is 6.04 Å². The highest BCUT2D eigenvalue weighted by molar-refractivity contribution is 5.75. The molecule has 0 aliphatic carbocycles. The van der Waals surface area contributed by atoms with Crippen molar-refractivity contribution in [3.8, 4) is 0 Å². The van der Waals surface area contributed by atoms with Gasteiger partial charge in [0.1, 0.15) is 0 Å². The Morgan fingerprint density at radius 3 is 2.06 bits per heavy atom. The van der Waals surface area contributed by atoms with Gasteiger partial charge in [0.2, 0.25) is 5.91 Å². The van der Waals surface area contributed by atoms with Gasteiger partial charge in [0, 0.05) is 44.1 Å². The van der Waals surface area contributed by atoms with Crippen LogP contribution in [-0.2, 0) is 4.79 Å². The molecule has 7 heteroatoms. The number of carbonyl (C=O) groups is 1. The van der Waals surface area contributed by atoms with Crippen LogP contribution in [0.1, 0.15) is 49.3 Å². The van der Waals surface area contributed by atoms with Crippen LogP contribution in [-0.4, -0.2) is 48.5 Å². The van der Waals surface area contributed by atoms with Gasteiger partial charge in [-0.25, -0.2) is 5.01 Å². The molecule has 31 heavy (non-hydrogen) atoms. The van der Waals surface area contributed by atoms with E-state index in [1.165, 1.54) is 11.1 Å². The average Bonchev–Trinajstić information content (AvgIpc) is 2.81. The predicted molar refractivity (Wildman–Crippen MR) is 123 cm³/mol. The molecular weight excluding hydrogens is 388 g/mol. The molecule has 2 aromatic rings. The van der Waals surface area contributed by atoms with E-state index in [1.807, 2.05) is 5.01 Å². The van der Waals surface area contributed by atoms with Crippen LogP contribution in [0.4, 0.5) is 0 Å². The number of hydrazine groups is 1. The minimum Gasteiger partial charge on any atom is -0.290 e. The van der Waals surface area contributed by atoms with Crippen LogP contribution in [0, 0.1) is 0 Å². The lowest BCUT2D eigenvalue weighted by Crippen LogP contribution is -2.54. The van der Waals surface area contributed by atoms with Gasteiger partial charge in [-0.2, -0.15) is 0 Å². The predicted octanol–water partition coefficient (Wildman–Crippen LogP) is 4.69. The van der Waals surface area contributed by atoms with Gasteiger partial charge in [-0.3, -0.25) is 15.1 Å². The molecule has 1 N–H and O–H groups in total. The lowest BCUT2D eigenvalue weighted by atomic mass is 9.96. The summed E-state index contributed by atoms with van der Waals surface area (Å²) >= 11 is 0. The average molecular weight is 421 g/mol. The highest BCUT2D eigenvalue weighted by Gasteiger charge is 2.26. The van der Waals surface area contributed by atoms with E-state index in [2.05, 4.69) is 81.0 Å². The van der Waals surface area contributed by atoms with Crippen LogP contribution in [0.3, 0.4) is 0 Å². The summed E-state index contributed by atoms with van der Waals surface area (Å²) in [4.78, 5) is 17.5. The van der Waals surface area contributed by atoms with Crippen LogP contribution in [0.5, 0.6) is 0 Å². The third-order valence-corrected chi connectivity index (χ3v) is 5.67. The fraction of sp³-hybridized carbons (Fsp3) is 0.458. The highest BCUT2D eigenvalue weighted by atomic mass is 16.2. The molecule has 1 heterocycles. The van der Waals surface area contributed by atoms with Crippen molar-refractivity contribution in [3.05, 3.63) is 82.2 Å². The van der Waals surface area contributed by atoms with Gasteiger partial charge in [0.15, 0.2) is 0 Å². The molecule has 1 fully saturated rings. The second-order valence-electron chi connectivity index (χ2n) is 7.90. The van der Waals surface area contributed by atoms with Gasteiger partial charge < -0.3 is 0 Å². The quantitative estimate of drug-likeness (QED) is 0.248. The van der Waals surface area contributed by atoms with Gasteiger partial charge in [-0.1, -0.05) is 78.6 Å². The van der Waals surface area contributed by atoms with Gasteiger partial charge >= 0.3 is 0 Å². The zero-order valence-corrected chi connectivity index (χ0v) is 18.1. The summed E-state index contributed by atoms with van der Waals surface area (Å²) in [6.45, 7) is 3.96. The van der Waals surface area contributed by atoms with E-state index >= 15 is 0 Å². The van der Waals surface area contributed by atoms with Gasteiger partial charge in [-0.05, 0) is 29.5 Å². The van der Waals surface area contributed by atoms with Crippen LogP contribution >= 0.6 is 0 Å². The summed E-state index contributed by atoms with van der Waals surface area (Å²) in [5.41, 5.74) is 13.9. The minimum atomic E-state index is 0.0890. The second-order valence-corrected chi connectivity index (χ2v) is 7.90. The largest absolute Gasteiger partial charge is 0.290 e. The molecule has 0 spiro atoms. The lowest BCUT2D eigenvalue weighted by Gasteiger charge is -2.39. The smallest absolute Gasteiger partial charge is 0.234 e. The Morgan fingerprint density at radius 1 is 0.903 bits per heavy atom. The molecule has 0 unspecified atom stereocenters. The third kappa shape index (κ3) is 7.40. The number of azide groups is 1. The van der Waals surface area contributed by atoms with Crippen molar-refractivity contribution in [1.29, 1.82) is 0 Å². The molecule has 0 atom stereocenters. The lowest BCUT2D eigenvalue weighted by molar-refractivity contribution is -0.127. The van der Waals surface area contributed by atoms with Crippen molar-refractivity contribution < 1.29 is 4.79 Å². The maximum atomic E-state index is 12.3. The van der Waals surface area contributed by atoms with Gasteiger partial charge in [-0.15, -0.1) is 0 Å². The number of unbranched alkanes of at least 4 members (excludes halogenated alkanes) is 3. The van der Waals surface area contributed by atoms with E-state index < -0.39 is 0 Å². The standard InChI is InChI=1S/C24H32N6O/c25-28-26-16-10-2-1-9-15-23(31)27-30-19-17-29(18-20-30)24(21-11-5-3-6-12-21)22-13-7-4-8-14-22/h3-8,11-14,24H,1-2,9-10,15-20H2,(H,27,31). The molecule has 1 saturated heterocycles. The summed E-state index contributed by atoms with van der Waals surface area (Å²) in [6.07, 6.45) is 4.27. The zero-order chi connectivity index (χ0) is 21.7. The molecular formula is C24H32N6O. The fourth-order valence-corrected chi connectivity index (χ4v) is 4.08. The van der Waals surface area contributed by atoms with Gasteiger partial charge in [0.25, 0.3) is 0 Å². The first-order valence-electron chi connectivity index (χ1n) is 11.2. The highest BCUT2D eigenvalue weighted by Crippen LogP contribution is 2.29. The fourth-order valence-electron chi connectivity index (χ4n) is 4.08. The molecule has 164 valence electrons. The maximum absolute atomic E-state index is 12.3. The van der Waals surface area contributed by atoms with Crippen LogP contribution < -0.4 is 5.43 Å². The Kier molecular flexibility index (Phi) is 9.38. The summed E-state index contributed by atoms with van der Waals surface area (Å²) in [7, 11) is 0. The Hall–Kier alpha value is -2.86. The number of nitrogens with one attached hydrogen (secondary N) is 1. The molecule has 0 bridgehead atoms.